The minimum absolute atomic E-state index is 0.0224. The number of nitrogens with two attached hydrogens (primary N) is 1. The van der Waals surface area contributed by atoms with Gasteiger partial charge in [-0.2, -0.15) is 0 Å². The number of nitrogens with zero attached hydrogens (tertiary/aromatic N) is 7. The van der Waals surface area contributed by atoms with Crippen molar-refractivity contribution in [3.05, 3.63) is 136 Å². The van der Waals surface area contributed by atoms with E-state index in [0.29, 0.717) is 38.4 Å². The van der Waals surface area contributed by atoms with Crippen molar-refractivity contribution < 1.29 is 29.7 Å². The van der Waals surface area contributed by atoms with Gasteiger partial charge in [-0.1, -0.05) is 34.8 Å². The summed E-state index contributed by atoms with van der Waals surface area (Å²) in [7, 11) is 0. The van der Waals surface area contributed by atoms with Crippen LogP contribution in [-0.2, 0) is 0 Å². The van der Waals surface area contributed by atoms with Crippen molar-refractivity contribution in [3.8, 4) is 23.0 Å². The molecule has 0 aliphatic rings. The Labute approximate surface area is 285 Å². The first kappa shape index (κ1) is 38.3. The smallest absolute Gasteiger partial charge is 0.407 e. The van der Waals surface area contributed by atoms with Crippen molar-refractivity contribution in [2.45, 2.75) is 13.8 Å². The first-order valence-corrected chi connectivity index (χ1v) is 13.9. The molecule has 17 nitrogen and oxygen atoms in total. The lowest BCUT2D eigenvalue weighted by Crippen LogP contribution is -1.97. The van der Waals surface area contributed by atoms with E-state index >= 15 is 0 Å². The number of rotatable bonds is 5. The topological polar surface area (TPSA) is 257 Å². The molecule has 0 amide bonds. The van der Waals surface area contributed by atoms with Gasteiger partial charge in [0.1, 0.15) is 30.1 Å². The first-order valence-electron chi connectivity index (χ1n) is 12.8. The van der Waals surface area contributed by atoms with Gasteiger partial charge < -0.3 is 51.0 Å². The van der Waals surface area contributed by atoms with E-state index < -0.39 is 26.3 Å². The molecular weight excluding hydrogens is 699 g/mol. The molecule has 0 aliphatic heterocycles. The molecule has 0 saturated heterocycles. The molecule has 4 aromatic heterocycles. The highest BCUT2D eigenvalue weighted by Crippen LogP contribution is 2.31. The van der Waals surface area contributed by atoms with Gasteiger partial charge in [0.2, 0.25) is 5.75 Å². The number of pyridine rings is 4. The minimum atomic E-state index is -0.804. The van der Waals surface area contributed by atoms with Crippen LogP contribution in [0.1, 0.15) is 11.1 Å². The van der Waals surface area contributed by atoms with Gasteiger partial charge in [0.25, 0.3) is 0 Å². The van der Waals surface area contributed by atoms with Gasteiger partial charge >= 0.3 is 17.5 Å². The third kappa shape index (κ3) is 11.5. The number of aromatic hydroxyl groups is 2. The Morgan fingerprint density at radius 1 is 0.667 bits per heavy atom. The lowest BCUT2D eigenvalue weighted by molar-refractivity contribution is -0.390. The predicted octanol–water partition coefficient (Wildman–Crippen LogP) is 7.41. The summed E-state index contributed by atoms with van der Waals surface area (Å²) >= 11 is 16.4. The fourth-order valence-electron chi connectivity index (χ4n) is 3.07. The van der Waals surface area contributed by atoms with Gasteiger partial charge in [-0.25, -0.2) is 0 Å². The lowest BCUT2D eigenvalue weighted by atomic mass is 10.2. The molecule has 20 heteroatoms. The monoisotopic (exact) mass is 720 g/mol. The second-order valence-electron chi connectivity index (χ2n) is 8.73. The molecule has 1 aromatic carbocycles. The van der Waals surface area contributed by atoms with Crippen molar-refractivity contribution in [2.75, 3.05) is 5.73 Å². The van der Waals surface area contributed by atoms with Crippen LogP contribution in [0.3, 0.4) is 0 Å². The fourth-order valence-corrected chi connectivity index (χ4v) is 3.46. The van der Waals surface area contributed by atoms with Crippen LogP contribution >= 0.6 is 34.8 Å². The van der Waals surface area contributed by atoms with Crippen molar-refractivity contribution in [2.24, 2.45) is 0 Å². The van der Waals surface area contributed by atoms with Gasteiger partial charge in [0.15, 0.2) is 5.75 Å². The normalized spacial score (nSPS) is 9.69. The van der Waals surface area contributed by atoms with Gasteiger partial charge in [-0.05, 0) is 73.9 Å². The molecule has 250 valence electrons. The molecule has 0 saturated carbocycles. The number of halogens is 3. The van der Waals surface area contributed by atoms with E-state index in [1.54, 1.807) is 44.2 Å². The van der Waals surface area contributed by atoms with Crippen molar-refractivity contribution >= 4 is 57.9 Å². The predicted molar refractivity (Wildman–Crippen MR) is 176 cm³/mol. The standard InChI is InChI=1S/C12H11N3O3.C6H5ClN2O2.C5H3ClN2O3.C5H4ClNO/c1-8-11(6-7-14-12(8)15(16)17)18-10-4-2-9(13)3-5-10;1-4-5(7)2-3-8-6(4)9(10)11;6-3-1-2-7-5(4(3)9)8(10)11;6-4-1-2-7-3-5(4)8/h2-7H,13H2,1H3;2-3H,1H3;1-2,9H;1-3,8H. The van der Waals surface area contributed by atoms with Crippen molar-refractivity contribution in [3.63, 3.8) is 0 Å². The van der Waals surface area contributed by atoms with Crippen LogP contribution < -0.4 is 10.5 Å². The third-order valence-corrected chi connectivity index (χ3v) is 6.50. The Morgan fingerprint density at radius 3 is 1.60 bits per heavy atom. The summed E-state index contributed by atoms with van der Waals surface area (Å²) in [5.74, 6) is -0.624. The number of anilines is 1. The maximum absolute atomic E-state index is 10.7. The molecule has 0 spiro atoms. The average molecular weight is 722 g/mol. The number of nitrogen functional groups attached to an aromatic ring is 1. The molecule has 0 bridgehead atoms. The molecule has 48 heavy (non-hydrogen) atoms. The number of benzene rings is 1. The van der Waals surface area contributed by atoms with Crippen LogP contribution in [0.2, 0.25) is 15.1 Å². The van der Waals surface area contributed by atoms with Crippen LogP contribution in [0.5, 0.6) is 23.0 Å². The number of hydrogen-bond acceptors (Lipinski definition) is 14. The highest BCUT2D eigenvalue weighted by atomic mass is 35.5. The van der Waals surface area contributed by atoms with E-state index in [1.165, 1.54) is 43.0 Å². The summed E-state index contributed by atoms with van der Waals surface area (Å²) < 4.78 is 5.55. The van der Waals surface area contributed by atoms with E-state index in [9.17, 15) is 30.3 Å². The quantitative estimate of drug-likeness (QED) is 0.0907. The molecule has 5 aromatic rings. The van der Waals surface area contributed by atoms with E-state index in [2.05, 4.69) is 19.9 Å². The highest BCUT2D eigenvalue weighted by Gasteiger charge is 2.17. The van der Waals surface area contributed by atoms with Gasteiger partial charge in [0.05, 0.1) is 32.4 Å². The van der Waals surface area contributed by atoms with E-state index in [4.69, 9.17) is 55.5 Å². The summed E-state index contributed by atoms with van der Waals surface area (Å²) in [5.41, 5.74) is 6.97. The summed E-state index contributed by atoms with van der Waals surface area (Å²) in [4.78, 5) is 43.4. The Morgan fingerprint density at radius 2 is 1.15 bits per heavy atom. The van der Waals surface area contributed by atoms with E-state index in [0.717, 1.165) is 6.20 Å². The lowest BCUT2D eigenvalue weighted by Gasteiger charge is -2.07. The molecule has 0 unspecified atom stereocenters. The molecule has 0 fully saturated rings. The van der Waals surface area contributed by atoms with E-state index in [-0.39, 0.29) is 22.4 Å². The Bertz CT molecular complexity index is 1820. The number of aromatic nitrogens is 4. The maximum Gasteiger partial charge on any atom is 0.407 e. The summed E-state index contributed by atoms with van der Waals surface area (Å²) in [6.45, 7) is 3.16. The van der Waals surface area contributed by atoms with Crippen LogP contribution in [0, 0.1) is 44.2 Å². The SMILES string of the molecule is Cc1c(Cl)ccnc1[N+](=O)[O-].Cc1c(Oc2ccc(N)cc2)ccnc1[N+](=O)[O-].O=[N+]([O-])c1nccc(Cl)c1O.Oc1cnccc1Cl. The Hall–Kier alpha value is -5.91. The van der Waals surface area contributed by atoms with Crippen LogP contribution in [-0.4, -0.2) is 44.9 Å². The molecule has 0 aliphatic carbocycles. The second kappa shape index (κ2) is 18.3. The molecule has 4 N–H and O–H groups in total. The second-order valence-corrected chi connectivity index (χ2v) is 9.96. The Balaban J connectivity index is 0.000000233. The largest absolute Gasteiger partial charge is 0.505 e. The average Bonchev–Trinajstić information content (AvgIpc) is 3.04. The zero-order chi connectivity index (χ0) is 36.0. The summed E-state index contributed by atoms with van der Waals surface area (Å²) in [5, 5.41) is 49.4. The van der Waals surface area contributed by atoms with Crippen molar-refractivity contribution in [1.29, 1.82) is 0 Å². The fraction of sp³-hybridized carbons (Fsp3) is 0.0714. The zero-order valence-corrected chi connectivity index (χ0v) is 26.9. The third-order valence-electron chi connectivity index (χ3n) is 5.47. The minimum Gasteiger partial charge on any atom is -0.505 e. The van der Waals surface area contributed by atoms with Crippen LogP contribution in [0.25, 0.3) is 0 Å². The number of nitro groups is 3. The van der Waals surface area contributed by atoms with Gasteiger partial charge in [-0.15, -0.1) is 0 Å². The van der Waals surface area contributed by atoms with E-state index in [1.807, 2.05) is 0 Å². The number of hydrogen-bond donors (Lipinski definition) is 3. The highest BCUT2D eigenvalue weighted by molar-refractivity contribution is 6.32. The number of ether oxygens (including phenoxy) is 1. The van der Waals surface area contributed by atoms with Gasteiger partial charge in [-0.3, -0.25) is 4.98 Å². The maximum atomic E-state index is 10.7. The van der Waals surface area contributed by atoms with Crippen LogP contribution in [0.15, 0.2) is 79.5 Å². The van der Waals surface area contributed by atoms with Crippen LogP contribution in [0.4, 0.5) is 23.1 Å². The molecular formula is C28H23Cl3N8O9. The molecule has 4 heterocycles. The van der Waals surface area contributed by atoms with Crippen molar-refractivity contribution in [1.82, 2.24) is 19.9 Å². The zero-order valence-electron chi connectivity index (χ0n) is 24.6. The Kier molecular flexibility index (Phi) is 14.6. The molecule has 5 rings (SSSR count). The first-order chi connectivity index (χ1) is 22.6. The summed E-state index contributed by atoms with van der Waals surface area (Å²) in [6.07, 6.45) is 6.62. The van der Waals surface area contributed by atoms with Gasteiger partial charge in [0, 0.05) is 30.1 Å². The molecule has 0 atom stereocenters. The molecule has 0 radical (unpaired) electrons. The summed E-state index contributed by atoms with van der Waals surface area (Å²) in [6, 6.07) is 12.7.